The van der Waals surface area contributed by atoms with E-state index in [1.54, 1.807) is 20.8 Å². The molecule has 10 nitrogen and oxygen atoms in total. The van der Waals surface area contributed by atoms with Gasteiger partial charge < -0.3 is 49.6 Å². The minimum absolute atomic E-state index is 0.0645. The maximum absolute atomic E-state index is 12.5. The van der Waals surface area contributed by atoms with Crippen LogP contribution < -0.4 is 0 Å². The van der Waals surface area contributed by atoms with Crippen molar-refractivity contribution in [3.8, 4) is 0 Å². The van der Waals surface area contributed by atoms with E-state index < -0.39 is 54.8 Å². The van der Waals surface area contributed by atoms with Crippen molar-refractivity contribution >= 4 is 0 Å². The molecule has 0 aromatic heterocycles. The number of ether oxygens (including phenoxy) is 4. The lowest BCUT2D eigenvalue weighted by Gasteiger charge is -2.64. The van der Waals surface area contributed by atoms with Crippen LogP contribution in [-0.4, -0.2) is 104 Å². The normalized spacial score (nSPS) is 56.3. The molecule has 47 heavy (non-hydrogen) atoms. The molecule has 7 fully saturated rings. The van der Waals surface area contributed by atoms with Gasteiger partial charge in [-0.05, 0) is 117 Å². The fourth-order valence-corrected chi connectivity index (χ4v) is 13.7. The molecule has 2 heterocycles. The number of hydrogen-bond acceptors (Lipinski definition) is 10. The van der Waals surface area contributed by atoms with Crippen LogP contribution in [0.25, 0.3) is 0 Å². The van der Waals surface area contributed by atoms with E-state index >= 15 is 0 Å². The van der Waals surface area contributed by atoms with Crippen LogP contribution in [0, 0.1) is 50.7 Å². The molecule has 270 valence electrons. The average molecular weight is 667 g/mol. The third kappa shape index (κ3) is 4.65. The van der Waals surface area contributed by atoms with Gasteiger partial charge in [-0.25, -0.2) is 0 Å². The van der Waals surface area contributed by atoms with Crippen molar-refractivity contribution in [3.05, 3.63) is 0 Å². The SMILES string of the molecule is C[C@@H]1C[C@H]([C@H](O[C@@H](C)O)C(C)(C)O)O[C@H]2[C@H]1[C@@]1(C)CC[C@@]34C[C@@]35CC[C@H](O[C@@H]3OC[C@@H](O)[C@H](O)[C@H]3O)C(C)(C)[C@@H]5CC[C@H]4[C@]1(C)[C@H]2O. The molecular weight excluding hydrogens is 604 g/mol. The van der Waals surface area contributed by atoms with E-state index in [2.05, 4.69) is 34.6 Å². The van der Waals surface area contributed by atoms with Crippen LogP contribution in [0.15, 0.2) is 0 Å². The standard InChI is InChI=1S/C37H62O10/c1-18-15-21(30(33(5,6)43)45-19(2)38)46-28-25(18)34(7)13-14-37-17-36(37)12-11-24(47-31-27(41)26(40)20(39)16-44-31)32(3,4)22(36)9-10-23(37)35(34,8)29(28)42/h18-31,38-43H,9-17H2,1-8H3/t18-,19+,20-,21-,22+,23+,24+,25+,26+,27-,28+,29+,30+,31+,34-,35-,36-,37+/m1/s1. The molecule has 5 saturated carbocycles. The molecule has 2 saturated heterocycles. The average Bonchev–Trinajstić information content (AvgIpc) is 3.61. The fraction of sp³-hybridized carbons (Fsp3) is 1.00. The third-order valence-corrected chi connectivity index (χ3v) is 15.9. The van der Waals surface area contributed by atoms with Crippen molar-refractivity contribution in [3.63, 3.8) is 0 Å². The molecule has 0 aromatic rings. The Morgan fingerprint density at radius 3 is 2.21 bits per heavy atom. The summed E-state index contributed by atoms with van der Waals surface area (Å²) >= 11 is 0. The Labute approximate surface area is 280 Å². The smallest absolute Gasteiger partial charge is 0.186 e. The monoisotopic (exact) mass is 666 g/mol. The first-order valence-corrected chi connectivity index (χ1v) is 18.5. The molecule has 0 bridgehead atoms. The zero-order valence-corrected chi connectivity index (χ0v) is 29.8. The second-order valence-electron chi connectivity index (χ2n) is 18.7. The second kappa shape index (κ2) is 11.1. The molecule has 0 radical (unpaired) electrons. The Balaban J connectivity index is 1.14. The molecular formula is C37H62O10. The minimum atomic E-state index is -1.29. The predicted molar refractivity (Wildman–Crippen MR) is 172 cm³/mol. The lowest BCUT2D eigenvalue weighted by atomic mass is 9.41. The van der Waals surface area contributed by atoms with Gasteiger partial charge in [0, 0.05) is 5.41 Å². The molecule has 7 aliphatic rings. The van der Waals surface area contributed by atoms with Crippen molar-refractivity contribution in [2.24, 2.45) is 50.7 Å². The van der Waals surface area contributed by atoms with Crippen LogP contribution >= 0.6 is 0 Å². The Kier molecular flexibility index (Phi) is 8.23. The van der Waals surface area contributed by atoms with E-state index in [4.69, 9.17) is 18.9 Å². The van der Waals surface area contributed by atoms with Gasteiger partial charge in [-0.3, -0.25) is 0 Å². The molecule has 6 N–H and O–H groups in total. The van der Waals surface area contributed by atoms with Gasteiger partial charge in [0.25, 0.3) is 0 Å². The van der Waals surface area contributed by atoms with E-state index in [1.807, 2.05) is 0 Å². The van der Waals surface area contributed by atoms with Crippen molar-refractivity contribution in [2.75, 3.05) is 6.61 Å². The van der Waals surface area contributed by atoms with Crippen LogP contribution in [0.3, 0.4) is 0 Å². The van der Waals surface area contributed by atoms with E-state index in [1.165, 1.54) is 6.42 Å². The summed E-state index contributed by atoms with van der Waals surface area (Å²) in [6.07, 6.45) is 0.0179. The van der Waals surface area contributed by atoms with Gasteiger partial charge in [0.1, 0.15) is 24.4 Å². The maximum atomic E-state index is 12.5. The van der Waals surface area contributed by atoms with Gasteiger partial charge in [0.05, 0.1) is 36.6 Å². The summed E-state index contributed by atoms with van der Waals surface area (Å²) in [5, 5.41) is 64.5. The number of fused-ring (bicyclic) bond motifs is 4. The second-order valence-corrected chi connectivity index (χ2v) is 18.7. The zero-order chi connectivity index (χ0) is 34.3. The molecule has 18 atom stereocenters. The third-order valence-electron chi connectivity index (χ3n) is 15.9. The summed E-state index contributed by atoms with van der Waals surface area (Å²) in [6.45, 7) is 16.5. The molecule has 0 unspecified atom stereocenters. The summed E-state index contributed by atoms with van der Waals surface area (Å²) in [4.78, 5) is 0. The summed E-state index contributed by atoms with van der Waals surface area (Å²) in [6, 6.07) is 0. The fourth-order valence-electron chi connectivity index (χ4n) is 13.7. The first-order valence-electron chi connectivity index (χ1n) is 18.5. The highest BCUT2D eigenvalue weighted by Gasteiger charge is 2.84. The summed E-state index contributed by atoms with van der Waals surface area (Å²) in [5.41, 5.74) is -1.48. The molecule has 0 aromatic carbocycles. The van der Waals surface area contributed by atoms with Gasteiger partial charge in [0.2, 0.25) is 0 Å². The highest BCUT2D eigenvalue weighted by atomic mass is 16.7. The molecule has 5 aliphatic carbocycles. The van der Waals surface area contributed by atoms with Crippen molar-refractivity contribution < 1.29 is 49.6 Å². The molecule has 7 rings (SSSR count). The first-order chi connectivity index (χ1) is 21.8. The van der Waals surface area contributed by atoms with Crippen LogP contribution in [0.1, 0.15) is 107 Å². The van der Waals surface area contributed by atoms with Crippen LogP contribution in [0.5, 0.6) is 0 Å². The van der Waals surface area contributed by atoms with Crippen LogP contribution in [0.2, 0.25) is 0 Å². The summed E-state index contributed by atoms with van der Waals surface area (Å²) < 4.78 is 24.8. The van der Waals surface area contributed by atoms with Crippen LogP contribution in [0.4, 0.5) is 0 Å². The Morgan fingerprint density at radius 1 is 0.894 bits per heavy atom. The molecule has 10 heteroatoms. The Morgan fingerprint density at radius 2 is 1.55 bits per heavy atom. The van der Waals surface area contributed by atoms with Gasteiger partial charge in [-0.1, -0.05) is 34.6 Å². The van der Waals surface area contributed by atoms with E-state index in [0.717, 1.165) is 38.5 Å². The predicted octanol–water partition coefficient (Wildman–Crippen LogP) is 3.12. The lowest BCUT2D eigenvalue weighted by Crippen LogP contribution is -2.61. The minimum Gasteiger partial charge on any atom is -0.390 e. The van der Waals surface area contributed by atoms with Crippen molar-refractivity contribution in [1.29, 1.82) is 0 Å². The Hall–Kier alpha value is -0.400. The zero-order valence-electron chi connectivity index (χ0n) is 29.8. The molecule has 2 aliphatic heterocycles. The van der Waals surface area contributed by atoms with E-state index in [9.17, 15) is 30.6 Å². The Bertz CT molecular complexity index is 1200. The quantitative estimate of drug-likeness (QED) is 0.184. The summed E-state index contributed by atoms with van der Waals surface area (Å²) in [5.74, 6) is 1.24. The number of aliphatic hydroxyl groups excluding tert-OH is 5. The highest BCUT2D eigenvalue weighted by molar-refractivity contribution is 5.33. The van der Waals surface area contributed by atoms with Crippen LogP contribution in [-0.2, 0) is 18.9 Å². The number of hydrogen-bond donors (Lipinski definition) is 6. The van der Waals surface area contributed by atoms with E-state index in [-0.39, 0.29) is 57.7 Å². The largest absolute Gasteiger partial charge is 0.390 e. The van der Waals surface area contributed by atoms with E-state index in [0.29, 0.717) is 18.3 Å². The molecule has 0 amide bonds. The number of aliphatic hydroxyl groups is 6. The van der Waals surface area contributed by atoms with Crippen molar-refractivity contribution in [1.82, 2.24) is 0 Å². The molecule has 2 spiro atoms. The van der Waals surface area contributed by atoms with Gasteiger partial charge in [0.15, 0.2) is 12.6 Å². The topological polar surface area (TPSA) is 158 Å². The highest BCUT2D eigenvalue weighted by Crippen LogP contribution is 2.89. The van der Waals surface area contributed by atoms with Crippen molar-refractivity contribution in [2.45, 2.75) is 174 Å². The number of rotatable bonds is 6. The summed E-state index contributed by atoms with van der Waals surface area (Å²) in [7, 11) is 0. The van der Waals surface area contributed by atoms with Gasteiger partial charge in [-0.2, -0.15) is 0 Å². The first kappa shape index (κ1) is 35.0. The maximum Gasteiger partial charge on any atom is 0.186 e. The lowest BCUT2D eigenvalue weighted by molar-refractivity contribution is -0.303. The van der Waals surface area contributed by atoms with Gasteiger partial charge >= 0.3 is 0 Å². The van der Waals surface area contributed by atoms with Gasteiger partial charge in [-0.15, -0.1) is 0 Å².